The van der Waals surface area contributed by atoms with Crippen LogP contribution in [0.15, 0.2) is 64.6 Å². The molecule has 1 aliphatic heterocycles. The fraction of sp³-hybridized carbons (Fsp3) is 0.357. The summed E-state index contributed by atoms with van der Waals surface area (Å²) in [7, 11) is 0. The van der Waals surface area contributed by atoms with E-state index in [1.54, 1.807) is 4.90 Å². The predicted octanol–water partition coefficient (Wildman–Crippen LogP) is 5.27. The van der Waals surface area contributed by atoms with Crippen LogP contribution in [-0.2, 0) is 11.2 Å². The van der Waals surface area contributed by atoms with Gasteiger partial charge in [-0.15, -0.1) is 0 Å². The van der Waals surface area contributed by atoms with Crippen LogP contribution in [0, 0.1) is 6.92 Å². The van der Waals surface area contributed by atoms with E-state index in [1.807, 2.05) is 82.3 Å². The van der Waals surface area contributed by atoms with Gasteiger partial charge in [0.1, 0.15) is 17.1 Å². The number of aliphatic hydroxyl groups is 1. The summed E-state index contributed by atoms with van der Waals surface area (Å²) in [5.74, 6) is 2.11. The summed E-state index contributed by atoms with van der Waals surface area (Å²) in [6, 6.07) is 17.5. The Hall–Kier alpha value is -3.58. The molecule has 1 N–H and O–H groups in total. The van der Waals surface area contributed by atoms with Crippen molar-refractivity contribution < 1.29 is 23.8 Å². The van der Waals surface area contributed by atoms with Crippen molar-refractivity contribution in [3.05, 3.63) is 77.2 Å². The third kappa shape index (κ3) is 6.11. The standard InChI is InChI=1S/C28H32N2O5/c1-19-25(29-26(34-19)20-9-6-5-7-10-20)13-14-33-23-12-8-11-21(15-23)24-17-30(16-22(24)18-31)27(32)35-28(2,3)4/h5-12,15,31H,13-14,16-18H2,1-4H3. The second kappa shape index (κ2) is 10.4. The fourth-order valence-corrected chi connectivity index (χ4v) is 3.98. The number of aliphatic hydroxyl groups excluding tert-OH is 1. The molecular formula is C28H32N2O5. The number of benzene rings is 2. The molecule has 1 aromatic heterocycles. The van der Waals surface area contributed by atoms with Crippen molar-refractivity contribution in [3.8, 4) is 17.2 Å². The Kier molecular flexibility index (Phi) is 7.26. The quantitative estimate of drug-likeness (QED) is 0.500. The van der Waals surface area contributed by atoms with Crippen LogP contribution < -0.4 is 4.74 Å². The second-order valence-electron chi connectivity index (χ2n) is 9.59. The molecule has 35 heavy (non-hydrogen) atoms. The van der Waals surface area contributed by atoms with E-state index < -0.39 is 5.60 Å². The van der Waals surface area contributed by atoms with Gasteiger partial charge in [0.2, 0.25) is 5.89 Å². The molecule has 0 fully saturated rings. The zero-order valence-corrected chi connectivity index (χ0v) is 20.7. The van der Waals surface area contributed by atoms with Crippen molar-refractivity contribution in [2.75, 3.05) is 26.3 Å². The van der Waals surface area contributed by atoms with Crippen molar-refractivity contribution in [3.63, 3.8) is 0 Å². The Balaban J connectivity index is 1.40. The van der Waals surface area contributed by atoms with Gasteiger partial charge in [0.05, 0.1) is 25.5 Å². The molecule has 0 radical (unpaired) electrons. The number of amides is 1. The van der Waals surface area contributed by atoms with Gasteiger partial charge in [0.25, 0.3) is 0 Å². The number of aromatic nitrogens is 1. The molecule has 0 saturated heterocycles. The van der Waals surface area contributed by atoms with Gasteiger partial charge in [-0.25, -0.2) is 9.78 Å². The monoisotopic (exact) mass is 476 g/mol. The minimum absolute atomic E-state index is 0.116. The van der Waals surface area contributed by atoms with Crippen molar-refractivity contribution in [2.45, 2.75) is 39.7 Å². The first-order valence-electron chi connectivity index (χ1n) is 11.8. The maximum Gasteiger partial charge on any atom is 0.410 e. The normalized spacial score (nSPS) is 13.9. The summed E-state index contributed by atoms with van der Waals surface area (Å²) in [6.07, 6.45) is 0.229. The highest BCUT2D eigenvalue weighted by Crippen LogP contribution is 2.30. The molecule has 2 heterocycles. The van der Waals surface area contributed by atoms with E-state index in [0.717, 1.165) is 33.7 Å². The largest absolute Gasteiger partial charge is 0.493 e. The fourth-order valence-electron chi connectivity index (χ4n) is 3.98. The first-order chi connectivity index (χ1) is 16.7. The van der Waals surface area contributed by atoms with Gasteiger partial charge in [-0.2, -0.15) is 0 Å². The predicted molar refractivity (Wildman–Crippen MR) is 134 cm³/mol. The lowest BCUT2D eigenvalue weighted by atomic mass is 10.0. The van der Waals surface area contributed by atoms with Crippen molar-refractivity contribution in [2.24, 2.45) is 0 Å². The summed E-state index contributed by atoms with van der Waals surface area (Å²) in [4.78, 5) is 18.8. The van der Waals surface area contributed by atoms with Crippen molar-refractivity contribution in [1.29, 1.82) is 0 Å². The van der Waals surface area contributed by atoms with Crippen LogP contribution in [-0.4, -0.2) is 53.0 Å². The molecule has 7 nitrogen and oxygen atoms in total. The molecule has 2 aromatic carbocycles. The maximum atomic E-state index is 12.5. The molecule has 1 amide bonds. The number of nitrogens with zero attached hydrogens (tertiary/aromatic N) is 2. The zero-order valence-electron chi connectivity index (χ0n) is 20.7. The number of aryl methyl sites for hydroxylation is 1. The lowest BCUT2D eigenvalue weighted by Crippen LogP contribution is -2.35. The Morgan fingerprint density at radius 3 is 2.54 bits per heavy atom. The van der Waals surface area contributed by atoms with E-state index in [4.69, 9.17) is 13.9 Å². The molecular weight excluding hydrogens is 444 g/mol. The number of carbonyl (C=O) groups excluding carboxylic acids is 1. The van der Waals surface area contributed by atoms with Gasteiger partial charge in [-0.3, -0.25) is 4.90 Å². The minimum Gasteiger partial charge on any atom is -0.493 e. The van der Waals surface area contributed by atoms with Crippen LogP contribution in [0.2, 0.25) is 0 Å². The smallest absolute Gasteiger partial charge is 0.410 e. The lowest BCUT2D eigenvalue weighted by Gasteiger charge is -2.24. The molecule has 0 bridgehead atoms. The van der Waals surface area contributed by atoms with Crippen LogP contribution in [0.25, 0.3) is 17.0 Å². The van der Waals surface area contributed by atoms with Crippen LogP contribution in [0.4, 0.5) is 4.79 Å². The molecule has 0 unspecified atom stereocenters. The van der Waals surface area contributed by atoms with Gasteiger partial charge in [0, 0.05) is 18.5 Å². The Morgan fingerprint density at radius 1 is 1.09 bits per heavy atom. The van der Waals surface area contributed by atoms with Crippen LogP contribution in [0.1, 0.15) is 37.8 Å². The molecule has 0 saturated carbocycles. The van der Waals surface area contributed by atoms with E-state index in [2.05, 4.69) is 4.98 Å². The lowest BCUT2D eigenvalue weighted by molar-refractivity contribution is 0.0301. The molecule has 0 atom stereocenters. The summed E-state index contributed by atoms with van der Waals surface area (Å²) >= 11 is 0. The van der Waals surface area contributed by atoms with Crippen LogP contribution >= 0.6 is 0 Å². The molecule has 3 aromatic rings. The van der Waals surface area contributed by atoms with Gasteiger partial charge in [-0.1, -0.05) is 30.3 Å². The summed E-state index contributed by atoms with van der Waals surface area (Å²) in [6.45, 7) is 8.49. The SMILES string of the molecule is Cc1oc(-c2ccccc2)nc1CCOc1cccc(C2=C(CO)CN(C(=O)OC(C)(C)C)C2)c1. The molecule has 0 aliphatic carbocycles. The van der Waals surface area contributed by atoms with E-state index in [1.165, 1.54) is 0 Å². The van der Waals surface area contributed by atoms with Gasteiger partial charge in [-0.05, 0) is 68.7 Å². The number of rotatable bonds is 7. The van der Waals surface area contributed by atoms with Crippen molar-refractivity contribution >= 4 is 11.7 Å². The molecule has 0 spiro atoms. The van der Waals surface area contributed by atoms with Crippen molar-refractivity contribution in [1.82, 2.24) is 9.88 Å². The average molecular weight is 477 g/mol. The summed E-state index contributed by atoms with van der Waals surface area (Å²) in [5.41, 5.74) is 3.89. The first-order valence-corrected chi connectivity index (χ1v) is 11.8. The topological polar surface area (TPSA) is 85.0 Å². The highest BCUT2D eigenvalue weighted by Gasteiger charge is 2.29. The van der Waals surface area contributed by atoms with Crippen LogP contribution in [0.3, 0.4) is 0 Å². The van der Waals surface area contributed by atoms with E-state index in [9.17, 15) is 9.90 Å². The Labute approximate surface area is 206 Å². The molecule has 184 valence electrons. The molecule has 7 heteroatoms. The third-order valence-corrected chi connectivity index (χ3v) is 5.70. The number of hydrogen-bond donors (Lipinski definition) is 1. The van der Waals surface area contributed by atoms with E-state index >= 15 is 0 Å². The maximum absolute atomic E-state index is 12.5. The zero-order chi connectivity index (χ0) is 25.0. The Morgan fingerprint density at radius 2 is 1.83 bits per heavy atom. The number of hydrogen-bond acceptors (Lipinski definition) is 6. The third-order valence-electron chi connectivity index (χ3n) is 5.70. The summed E-state index contributed by atoms with van der Waals surface area (Å²) in [5, 5.41) is 9.89. The van der Waals surface area contributed by atoms with Gasteiger partial charge < -0.3 is 19.0 Å². The second-order valence-corrected chi connectivity index (χ2v) is 9.59. The molecule has 4 rings (SSSR count). The first kappa shape index (κ1) is 24.5. The van der Waals surface area contributed by atoms with E-state index in [-0.39, 0.29) is 12.7 Å². The number of carbonyl (C=O) groups is 1. The van der Waals surface area contributed by atoms with Crippen LogP contribution in [0.5, 0.6) is 5.75 Å². The van der Waals surface area contributed by atoms with E-state index in [0.29, 0.717) is 37.8 Å². The van der Waals surface area contributed by atoms with Gasteiger partial charge in [0.15, 0.2) is 0 Å². The minimum atomic E-state index is -0.572. The average Bonchev–Trinajstić information content (AvgIpc) is 3.43. The highest BCUT2D eigenvalue weighted by molar-refractivity contribution is 5.80. The summed E-state index contributed by atoms with van der Waals surface area (Å²) < 4.78 is 17.3. The Bertz CT molecular complexity index is 1210. The highest BCUT2D eigenvalue weighted by atomic mass is 16.6. The molecule has 1 aliphatic rings. The number of oxazole rings is 1. The number of ether oxygens (including phenoxy) is 2. The van der Waals surface area contributed by atoms with Gasteiger partial charge >= 0.3 is 6.09 Å².